The second kappa shape index (κ2) is 4.32. The maximum Gasteiger partial charge on any atom is 0.374 e. The fourth-order valence-electron chi connectivity index (χ4n) is 0.232. The molecule has 11 heavy (non-hydrogen) atoms. The normalized spacial score (nSPS) is 9.64. The molecule has 0 radical (unpaired) electrons. The van der Waals surface area contributed by atoms with Crippen molar-refractivity contribution in [3.05, 3.63) is 24.8 Å². The van der Waals surface area contributed by atoms with Crippen LogP contribution in [-0.2, 0) is 14.3 Å². The van der Waals surface area contributed by atoms with Crippen LogP contribution in [0.3, 0.4) is 0 Å². The molecule has 0 aliphatic rings. The molecule has 0 aliphatic heterocycles. The minimum atomic E-state index is -1.52. The van der Waals surface area contributed by atoms with Crippen molar-refractivity contribution in [3.8, 4) is 0 Å². The highest BCUT2D eigenvalue weighted by Crippen LogP contribution is 1.95. The van der Waals surface area contributed by atoms with Crippen LogP contribution in [0.1, 0.15) is 0 Å². The van der Waals surface area contributed by atoms with Gasteiger partial charge < -0.3 is 4.74 Å². The molecule has 0 spiro atoms. The molecule has 0 atom stereocenters. The Morgan fingerprint density at radius 3 is 2.36 bits per heavy atom. The number of ether oxygens (including phenoxy) is 1. The lowest BCUT2D eigenvalue weighted by molar-refractivity contribution is -0.154. The third-order valence-corrected chi connectivity index (χ3v) is 0.614. The molecule has 0 N–H and O–H groups in total. The SMILES string of the molecule is C=C(F)C(=O)OC(=O)C=CF. The molecular formula is C6H4F2O3. The second-order valence-electron chi connectivity index (χ2n) is 1.41. The zero-order chi connectivity index (χ0) is 8.85. The van der Waals surface area contributed by atoms with Gasteiger partial charge in [0.2, 0.25) is 5.83 Å². The van der Waals surface area contributed by atoms with Crippen molar-refractivity contribution in [2.24, 2.45) is 0 Å². The molecule has 0 saturated carbocycles. The molecule has 0 aromatic heterocycles. The molecule has 3 nitrogen and oxygen atoms in total. The van der Waals surface area contributed by atoms with Crippen LogP contribution in [0, 0.1) is 0 Å². The van der Waals surface area contributed by atoms with E-state index in [1.807, 2.05) is 0 Å². The van der Waals surface area contributed by atoms with Crippen LogP contribution in [0.25, 0.3) is 0 Å². The summed E-state index contributed by atoms with van der Waals surface area (Å²) in [5, 5.41) is 0. The molecule has 0 amide bonds. The average Bonchev–Trinajstić information content (AvgIpc) is 1.87. The van der Waals surface area contributed by atoms with E-state index in [0.717, 1.165) is 0 Å². The van der Waals surface area contributed by atoms with E-state index in [2.05, 4.69) is 11.3 Å². The Balaban J connectivity index is 3.96. The zero-order valence-corrected chi connectivity index (χ0v) is 5.34. The number of halogens is 2. The molecule has 0 fully saturated rings. The van der Waals surface area contributed by atoms with Gasteiger partial charge in [-0.25, -0.2) is 14.0 Å². The van der Waals surface area contributed by atoms with Gasteiger partial charge in [-0.15, -0.1) is 0 Å². The number of rotatable bonds is 2. The summed E-state index contributed by atoms with van der Waals surface area (Å²) in [6, 6.07) is 0. The van der Waals surface area contributed by atoms with Crippen LogP contribution < -0.4 is 0 Å². The highest BCUT2D eigenvalue weighted by atomic mass is 19.1. The van der Waals surface area contributed by atoms with Gasteiger partial charge in [0, 0.05) is 0 Å². The number of hydrogen-bond acceptors (Lipinski definition) is 3. The maximum absolute atomic E-state index is 11.8. The first-order valence-corrected chi connectivity index (χ1v) is 2.45. The highest BCUT2D eigenvalue weighted by molar-refractivity contribution is 5.97. The van der Waals surface area contributed by atoms with Gasteiger partial charge in [-0.3, -0.25) is 0 Å². The minimum Gasteiger partial charge on any atom is -0.384 e. The minimum absolute atomic E-state index is 0.128. The van der Waals surface area contributed by atoms with Gasteiger partial charge in [0.1, 0.15) is 0 Å². The average molecular weight is 162 g/mol. The Morgan fingerprint density at radius 1 is 1.45 bits per heavy atom. The fourth-order valence-corrected chi connectivity index (χ4v) is 0.232. The van der Waals surface area contributed by atoms with Crippen LogP contribution in [0.5, 0.6) is 0 Å². The van der Waals surface area contributed by atoms with Crippen LogP contribution >= 0.6 is 0 Å². The van der Waals surface area contributed by atoms with Crippen LogP contribution in [0.15, 0.2) is 24.8 Å². The summed E-state index contributed by atoms with van der Waals surface area (Å²) in [7, 11) is 0. The van der Waals surface area contributed by atoms with Crippen LogP contribution in [-0.4, -0.2) is 11.9 Å². The van der Waals surface area contributed by atoms with E-state index >= 15 is 0 Å². The molecule has 0 aliphatic carbocycles. The Kier molecular flexibility index (Phi) is 3.72. The van der Waals surface area contributed by atoms with Crippen molar-refractivity contribution in [2.75, 3.05) is 0 Å². The van der Waals surface area contributed by atoms with Gasteiger partial charge >= 0.3 is 11.9 Å². The van der Waals surface area contributed by atoms with Crippen LogP contribution in [0.4, 0.5) is 8.78 Å². The van der Waals surface area contributed by atoms with Crippen LogP contribution in [0.2, 0.25) is 0 Å². The van der Waals surface area contributed by atoms with Crippen molar-refractivity contribution in [1.82, 2.24) is 0 Å². The van der Waals surface area contributed by atoms with Crippen molar-refractivity contribution in [3.63, 3.8) is 0 Å². The smallest absolute Gasteiger partial charge is 0.374 e. The van der Waals surface area contributed by atoms with E-state index in [0.29, 0.717) is 6.08 Å². The standard InChI is InChI=1S/C6H4F2O3/c1-4(8)6(10)11-5(9)2-3-7/h2-3H,1H2. The van der Waals surface area contributed by atoms with Crippen molar-refractivity contribution >= 4 is 11.9 Å². The third kappa shape index (κ3) is 3.96. The molecule has 0 aromatic rings. The first-order chi connectivity index (χ1) is 5.07. The van der Waals surface area contributed by atoms with E-state index in [-0.39, 0.29) is 6.33 Å². The quantitative estimate of drug-likeness (QED) is 0.346. The summed E-state index contributed by atoms with van der Waals surface area (Å²) in [5.41, 5.74) is 0. The number of carbonyl (C=O) groups excluding carboxylic acids is 2. The Labute approximate surface area is 61.0 Å². The maximum atomic E-state index is 11.8. The molecule has 0 unspecified atom stereocenters. The van der Waals surface area contributed by atoms with Gasteiger partial charge in [-0.05, 0) is 0 Å². The lowest BCUT2D eigenvalue weighted by Crippen LogP contribution is -2.09. The summed E-state index contributed by atoms with van der Waals surface area (Å²) in [6.07, 6.45) is 0.206. The summed E-state index contributed by atoms with van der Waals surface area (Å²) in [6.45, 7) is 2.56. The molecule has 5 heteroatoms. The number of hydrogen-bond donors (Lipinski definition) is 0. The van der Waals surface area contributed by atoms with Crippen molar-refractivity contribution < 1.29 is 23.1 Å². The monoisotopic (exact) mass is 162 g/mol. The van der Waals surface area contributed by atoms with Gasteiger partial charge in [-0.1, -0.05) is 6.58 Å². The van der Waals surface area contributed by atoms with E-state index in [4.69, 9.17) is 0 Å². The summed E-state index contributed by atoms with van der Waals surface area (Å²) in [5.74, 6) is -4.21. The van der Waals surface area contributed by atoms with E-state index in [1.54, 1.807) is 0 Å². The van der Waals surface area contributed by atoms with E-state index < -0.39 is 17.8 Å². The molecule has 0 rings (SSSR count). The molecule has 0 saturated heterocycles. The van der Waals surface area contributed by atoms with E-state index in [1.165, 1.54) is 0 Å². The summed E-state index contributed by atoms with van der Waals surface area (Å²) in [4.78, 5) is 20.3. The predicted octanol–water partition coefficient (Wildman–Crippen LogP) is 1.02. The van der Waals surface area contributed by atoms with Crippen molar-refractivity contribution in [1.29, 1.82) is 0 Å². The third-order valence-electron chi connectivity index (χ3n) is 0.614. The van der Waals surface area contributed by atoms with Gasteiger partial charge in [0.25, 0.3) is 0 Å². The molecular weight excluding hydrogens is 158 g/mol. The summed E-state index contributed by atoms with van der Waals surface area (Å²) < 4.78 is 26.6. The second-order valence-corrected chi connectivity index (χ2v) is 1.41. The van der Waals surface area contributed by atoms with Crippen molar-refractivity contribution in [2.45, 2.75) is 0 Å². The lowest BCUT2D eigenvalue weighted by Gasteiger charge is -1.93. The van der Waals surface area contributed by atoms with E-state index in [9.17, 15) is 18.4 Å². The Bertz CT molecular complexity index is 220. The lowest BCUT2D eigenvalue weighted by atomic mass is 10.6. The zero-order valence-electron chi connectivity index (χ0n) is 5.34. The van der Waals surface area contributed by atoms with Gasteiger partial charge in [0.15, 0.2) is 0 Å². The Hall–Kier alpha value is -1.52. The molecule has 0 aromatic carbocycles. The summed E-state index contributed by atoms with van der Waals surface area (Å²) >= 11 is 0. The fraction of sp³-hybridized carbons (Fsp3) is 0. The Morgan fingerprint density at radius 2 is 2.00 bits per heavy atom. The number of esters is 2. The molecule has 0 heterocycles. The van der Waals surface area contributed by atoms with Gasteiger partial charge in [-0.2, -0.15) is 4.39 Å². The first kappa shape index (κ1) is 9.48. The highest BCUT2D eigenvalue weighted by Gasteiger charge is 2.10. The van der Waals surface area contributed by atoms with Gasteiger partial charge in [0.05, 0.1) is 12.4 Å². The predicted molar refractivity (Wildman–Crippen MR) is 31.6 cm³/mol. The number of carbonyl (C=O) groups is 2. The first-order valence-electron chi connectivity index (χ1n) is 2.45. The molecule has 0 bridgehead atoms. The largest absolute Gasteiger partial charge is 0.384 e. The topological polar surface area (TPSA) is 43.4 Å². The molecule has 60 valence electrons.